The van der Waals surface area contributed by atoms with Crippen LogP contribution in [0.2, 0.25) is 5.02 Å². The van der Waals surface area contributed by atoms with Crippen molar-refractivity contribution in [1.29, 1.82) is 0 Å². The molecular weight excluding hydrogens is 502 g/mol. The van der Waals surface area contributed by atoms with Gasteiger partial charge in [-0.15, -0.1) is 0 Å². The zero-order valence-electron chi connectivity index (χ0n) is 20.7. The van der Waals surface area contributed by atoms with Crippen LogP contribution < -0.4 is 20.1 Å². The summed E-state index contributed by atoms with van der Waals surface area (Å²) in [5, 5.41) is 5.86. The van der Waals surface area contributed by atoms with Crippen LogP contribution in [0.1, 0.15) is 20.3 Å². The van der Waals surface area contributed by atoms with Crippen LogP contribution >= 0.6 is 11.6 Å². The Labute approximate surface area is 216 Å². The molecule has 0 radical (unpaired) electrons. The first-order valence-electron chi connectivity index (χ1n) is 11.6. The van der Waals surface area contributed by atoms with Gasteiger partial charge in [-0.25, -0.2) is 13.4 Å². The molecule has 1 saturated heterocycles. The van der Waals surface area contributed by atoms with Gasteiger partial charge in [0.05, 0.1) is 34.8 Å². The van der Waals surface area contributed by atoms with Crippen molar-refractivity contribution in [3.05, 3.63) is 53.7 Å². The number of nitrogens with zero attached hydrogens (tertiary/aromatic N) is 3. The number of aromatic nitrogens is 2. The van der Waals surface area contributed by atoms with E-state index in [4.69, 9.17) is 21.1 Å². The largest absolute Gasteiger partial charge is 0.494 e. The van der Waals surface area contributed by atoms with Gasteiger partial charge in [0.2, 0.25) is 5.95 Å². The number of benzene rings is 2. The Hall–Kier alpha value is -3.08. The Bertz CT molecular complexity index is 1340. The smallest absolute Gasteiger partial charge is 0.229 e. The molecule has 2 heterocycles. The number of anilines is 4. The highest BCUT2D eigenvalue weighted by atomic mass is 35.5. The van der Waals surface area contributed by atoms with Crippen molar-refractivity contribution in [3.63, 3.8) is 0 Å². The highest BCUT2D eigenvalue weighted by molar-refractivity contribution is 7.92. The lowest BCUT2D eigenvalue weighted by atomic mass is 10.2. The zero-order valence-corrected chi connectivity index (χ0v) is 22.2. The number of ether oxygens (including phenoxy) is 2. The predicted octanol–water partition coefficient (Wildman–Crippen LogP) is 4.89. The van der Waals surface area contributed by atoms with Gasteiger partial charge in [-0.2, -0.15) is 4.98 Å². The molecule has 1 aromatic heterocycles. The van der Waals surface area contributed by atoms with Crippen LogP contribution in [0.4, 0.5) is 23.1 Å². The number of likely N-dealkylation sites (tertiary alicyclic amines) is 1. The average molecular weight is 532 g/mol. The molecule has 1 aliphatic rings. The van der Waals surface area contributed by atoms with Crippen LogP contribution in [-0.2, 0) is 9.84 Å². The number of para-hydroxylation sites is 1. The number of halogens is 1. The summed E-state index contributed by atoms with van der Waals surface area (Å²) in [4.78, 5) is 11.1. The molecule has 192 valence electrons. The summed E-state index contributed by atoms with van der Waals surface area (Å²) >= 11 is 6.34. The summed E-state index contributed by atoms with van der Waals surface area (Å²) < 4.78 is 37.3. The lowest BCUT2D eigenvalue weighted by Crippen LogP contribution is -2.21. The second-order valence-electron chi connectivity index (χ2n) is 8.88. The minimum Gasteiger partial charge on any atom is -0.494 e. The Morgan fingerprint density at radius 1 is 1.14 bits per heavy atom. The van der Waals surface area contributed by atoms with Crippen LogP contribution in [-0.4, -0.2) is 61.9 Å². The first kappa shape index (κ1) is 26.0. The average Bonchev–Trinajstić information content (AvgIpc) is 3.26. The number of methoxy groups -OCH3 is 1. The molecule has 9 nitrogen and oxygen atoms in total. The molecule has 1 fully saturated rings. The number of likely N-dealkylation sites (N-methyl/N-ethyl adjacent to an activating group) is 1. The fourth-order valence-corrected chi connectivity index (χ4v) is 5.21. The van der Waals surface area contributed by atoms with E-state index in [-0.39, 0.29) is 27.8 Å². The van der Waals surface area contributed by atoms with E-state index in [1.165, 1.54) is 6.20 Å². The third kappa shape index (κ3) is 5.83. The molecule has 0 aliphatic carbocycles. The molecule has 0 amide bonds. The van der Waals surface area contributed by atoms with E-state index in [1.807, 2.05) is 18.2 Å². The van der Waals surface area contributed by atoms with Crippen LogP contribution in [0.5, 0.6) is 11.5 Å². The summed E-state index contributed by atoms with van der Waals surface area (Å²) in [5.41, 5.74) is 1.03. The zero-order chi connectivity index (χ0) is 25.9. The summed E-state index contributed by atoms with van der Waals surface area (Å²) in [6.45, 7) is 5.18. The summed E-state index contributed by atoms with van der Waals surface area (Å²) in [7, 11) is 0.136. The van der Waals surface area contributed by atoms with Crippen LogP contribution in [0.25, 0.3) is 0 Å². The normalized spacial score (nSPS) is 16.2. The number of hydrogen-bond acceptors (Lipinski definition) is 9. The van der Waals surface area contributed by atoms with Crippen molar-refractivity contribution in [2.45, 2.75) is 36.5 Å². The SMILES string of the molecule is COc1cc(O[C@@H]2CCN(C)C2)ccc1Nc1ncc(Cl)c(Nc2ccccc2S(=O)(=O)C(C)C)n1. The quantitative estimate of drug-likeness (QED) is 0.399. The maximum Gasteiger partial charge on any atom is 0.229 e. The van der Waals surface area contributed by atoms with Crippen molar-refractivity contribution < 1.29 is 17.9 Å². The summed E-state index contributed by atoms with van der Waals surface area (Å²) in [6.07, 6.45) is 2.57. The number of nitrogens with one attached hydrogen (secondary N) is 2. The molecule has 0 saturated carbocycles. The van der Waals surface area contributed by atoms with Crippen molar-refractivity contribution in [1.82, 2.24) is 14.9 Å². The van der Waals surface area contributed by atoms with Gasteiger partial charge in [0.1, 0.15) is 22.6 Å². The van der Waals surface area contributed by atoms with E-state index in [1.54, 1.807) is 45.2 Å². The standard InChI is InChI=1S/C25H30ClN5O4S/c1-16(2)36(32,33)23-8-6-5-7-21(23)28-24-19(26)14-27-25(30-24)29-20-10-9-17(13-22(20)34-4)35-18-11-12-31(3)15-18/h5-10,13-14,16,18H,11-12,15H2,1-4H3,(H2,27,28,29,30)/t18-/m1/s1. The Morgan fingerprint density at radius 3 is 2.61 bits per heavy atom. The van der Waals surface area contributed by atoms with Gasteiger partial charge in [0.15, 0.2) is 15.7 Å². The molecule has 2 aromatic carbocycles. The van der Waals surface area contributed by atoms with E-state index in [0.717, 1.165) is 25.3 Å². The Kier molecular flexibility index (Phi) is 7.87. The molecule has 1 atom stereocenters. The fourth-order valence-electron chi connectivity index (χ4n) is 3.87. The van der Waals surface area contributed by atoms with Crippen molar-refractivity contribution in [3.8, 4) is 11.5 Å². The molecule has 0 spiro atoms. The van der Waals surface area contributed by atoms with E-state index < -0.39 is 15.1 Å². The van der Waals surface area contributed by atoms with Crippen LogP contribution in [0, 0.1) is 0 Å². The lowest BCUT2D eigenvalue weighted by Gasteiger charge is -2.17. The third-order valence-electron chi connectivity index (χ3n) is 5.88. The molecule has 0 unspecified atom stereocenters. The molecule has 11 heteroatoms. The highest BCUT2D eigenvalue weighted by Crippen LogP contribution is 2.34. The molecule has 36 heavy (non-hydrogen) atoms. The molecule has 0 bridgehead atoms. The maximum atomic E-state index is 12.8. The third-order valence-corrected chi connectivity index (χ3v) is 8.37. The lowest BCUT2D eigenvalue weighted by molar-refractivity contribution is 0.207. The summed E-state index contributed by atoms with van der Waals surface area (Å²) in [6, 6.07) is 12.2. The van der Waals surface area contributed by atoms with Gasteiger partial charge in [-0.1, -0.05) is 23.7 Å². The molecular formula is C25H30ClN5O4S. The van der Waals surface area contributed by atoms with Crippen LogP contribution in [0.3, 0.4) is 0 Å². The van der Waals surface area contributed by atoms with E-state index in [0.29, 0.717) is 17.1 Å². The molecule has 1 aliphatic heterocycles. The number of hydrogen-bond donors (Lipinski definition) is 2. The van der Waals surface area contributed by atoms with Crippen molar-refractivity contribution in [2.24, 2.45) is 0 Å². The number of rotatable bonds is 9. The van der Waals surface area contributed by atoms with Gasteiger partial charge in [-0.3, -0.25) is 0 Å². The van der Waals surface area contributed by atoms with Gasteiger partial charge >= 0.3 is 0 Å². The minimum atomic E-state index is -3.52. The van der Waals surface area contributed by atoms with E-state index in [9.17, 15) is 8.42 Å². The molecule has 3 aromatic rings. The van der Waals surface area contributed by atoms with E-state index in [2.05, 4.69) is 32.5 Å². The van der Waals surface area contributed by atoms with Crippen molar-refractivity contribution >= 4 is 44.6 Å². The fraction of sp³-hybridized carbons (Fsp3) is 0.360. The predicted molar refractivity (Wildman–Crippen MR) is 142 cm³/mol. The summed E-state index contributed by atoms with van der Waals surface area (Å²) in [5.74, 6) is 1.82. The monoisotopic (exact) mass is 531 g/mol. The highest BCUT2D eigenvalue weighted by Gasteiger charge is 2.24. The first-order valence-corrected chi connectivity index (χ1v) is 13.5. The topological polar surface area (TPSA) is 106 Å². The minimum absolute atomic E-state index is 0.147. The molecule has 2 N–H and O–H groups in total. The van der Waals surface area contributed by atoms with Gasteiger partial charge < -0.3 is 25.0 Å². The Morgan fingerprint density at radius 2 is 1.92 bits per heavy atom. The van der Waals surface area contributed by atoms with Gasteiger partial charge in [0.25, 0.3) is 0 Å². The Balaban J connectivity index is 1.56. The second-order valence-corrected chi connectivity index (χ2v) is 11.8. The second kappa shape index (κ2) is 10.9. The molecule has 4 rings (SSSR count). The maximum absolute atomic E-state index is 12.8. The van der Waals surface area contributed by atoms with Crippen LogP contribution in [0.15, 0.2) is 53.6 Å². The number of sulfone groups is 1. The van der Waals surface area contributed by atoms with E-state index >= 15 is 0 Å². The van der Waals surface area contributed by atoms with Crippen molar-refractivity contribution in [2.75, 3.05) is 37.9 Å². The first-order chi connectivity index (χ1) is 17.2. The van der Waals surface area contributed by atoms with Gasteiger partial charge in [-0.05, 0) is 51.6 Å². The van der Waals surface area contributed by atoms with Gasteiger partial charge in [0, 0.05) is 19.2 Å².